The predicted octanol–water partition coefficient (Wildman–Crippen LogP) is 3.18. The van der Waals surface area contributed by atoms with E-state index in [-0.39, 0.29) is 18.0 Å². The maximum atomic E-state index is 12.7. The fourth-order valence-corrected chi connectivity index (χ4v) is 3.53. The second-order valence-electron chi connectivity index (χ2n) is 6.53. The van der Waals surface area contributed by atoms with E-state index in [1.54, 1.807) is 24.5 Å². The first kappa shape index (κ1) is 18.8. The molecule has 1 atom stereocenters. The molecule has 140 valence electrons. The normalized spacial score (nSPS) is 12.1. The molecule has 3 N–H and O–H groups in total. The molecule has 1 aromatic carbocycles. The first-order chi connectivity index (χ1) is 12.9. The van der Waals surface area contributed by atoms with Crippen LogP contribution in [0, 0.1) is 0 Å². The smallest absolute Gasteiger partial charge is 0.258 e. The topological polar surface area (TPSA) is 103 Å². The van der Waals surface area contributed by atoms with Gasteiger partial charge in [-0.3, -0.25) is 9.59 Å². The van der Waals surface area contributed by atoms with Crippen molar-refractivity contribution in [2.75, 3.05) is 0 Å². The molecular formula is C19H21N5O2S. The number of rotatable bonds is 6. The number of carbonyl (C=O) groups is 2. The third kappa shape index (κ3) is 4.06. The fraction of sp³-hybridized carbons (Fsp3) is 0.263. The lowest BCUT2D eigenvalue weighted by Gasteiger charge is -2.17. The molecule has 0 aliphatic heterocycles. The zero-order valence-electron chi connectivity index (χ0n) is 15.3. The summed E-state index contributed by atoms with van der Waals surface area (Å²) in [5.74, 6) is 0.0506. The quantitative estimate of drug-likeness (QED) is 0.682. The summed E-state index contributed by atoms with van der Waals surface area (Å²) in [6.07, 6.45) is 1.66. The van der Waals surface area contributed by atoms with Crippen LogP contribution >= 0.6 is 11.3 Å². The minimum atomic E-state index is -0.455. The number of amides is 2. The summed E-state index contributed by atoms with van der Waals surface area (Å²) in [5.41, 5.74) is 7.55. The monoisotopic (exact) mass is 383 g/mol. The van der Waals surface area contributed by atoms with E-state index in [0.717, 1.165) is 11.1 Å². The molecule has 2 aromatic heterocycles. The van der Waals surface area contributed by atoms with Crippen molar-refractivity contribution in [1.29, 1.82) is 0 Å². The molecule has 3 aromatic rings. The third-order valence-electron chi connectivity index (χ3n) is 4.19. The number of nitrogens with one attached hydrogen (secondary N) is 1. The molecule has 0 unspecified atom stereocenters. The summed E-state index contributed by atoms with van der Waals surface area (Å²) in [6, 6.07) is 8.90. The van der Waals surface area contributed by atoms with Crippen LogP contribution in [0.3, 0.4) is 0 Å². The van der Waals surface area contributed by atoms with Gasteiger partial charge in [0.1, 0.15) is 6.33 Å². The van der Waals surface area contributed by atoms with E-state index in [0.29, 0.717) is 16.3 Å². The van der Waals surface area contributed by atoms with Gasteiger partial charge in [-0.1, -0.05) is 12.1 Å². The summed E-state index contributed by atoms with van der Waals surface area (Å²) < 4.78 is 1.93. The van der Waals surface area contributed by atoms with Crippen LogP contribution in [-0.2, 0) is 0 Å². The maximum Gasteiger partial charge on any atom is 0.258 e. The number of benzene rings is 1. The van der Waals surface area contributed by atoms with E-state index in [1.165, 1.54) is 11.3 Å². The van der Waals surface area contributed by atoms with Gasteiger partial charge in [0.25, 0.3) is 11.8 Å². The molecule has 3 rings (SSSR count). The van der Waals surface area contributed by atoms with Gasteiger partial charge in [-0.25, -0.2) is 0 Å². The number of aromatic nitrogens is 3. The van der Waals surface area contributed by atoms with Gasteiger partial charge in [0.15, 0.2) is 5.82 Å². The minimum absolute atomic E-state index is 0.201. The van der Waals surface area contributed by atoms with Crippen molar-refractivity contribution in [2.24, 2.45) is 5.73 Å². The van der Waals surface area contributed by atoms with Gasteiger partial charge in [-0.15, -0.1) is 21.5 Å². The van der Waals surface area contributed by atoms with Crippen molar-refractivity contribution < 1.29 is 9.59 Å². The molecule has 0 saturated carbocycles. The number of hydrogen-bond acceptors (Lipinski definition) is 5. The van der Waals surface area contributed by atoms with Gasteiger partial charge in [-0.2, -0.15) is 0 Å². The first-order valence-corrected chi connectivity index (χ1v) is 9.44. The highest BCUT2D eigenvalue weighted by Gasteiger charge is 2.18. The Morgan fingerprint density at radius 3 is 2.63 bits per heavy atom. The molecular weight excluding hydrogens is 362 g/mol. The highest BCUT2D eigenvalue weighted by atomic mass is 32.1. The molecule has 2 amide bonds. The predicted molar refractivity (Wildman–Crippen MR) is 105 cm³/mol. The zero-order valence-corrected chi connectivity index (χ0v) is 16.2. The Morgan fingerprint density at radius 1 is 1.19 bits per heavy atom. The van der Waals surface area contributed by atoms with Gasteiger partial charge in [0.05, 0.1) is 10.9 Å². The van der Waals surface area contributed by atoms with E-state index < -0.39 is 5.91 Å². The molecule has 0 bridgehead atoms. The number of nitrogens with zero attached hydrogens (tertiary/aromatic N) is 3. The molecule has 8 heteroatoms. The van der Waals surface area contributed by atoms with Crippen LogP contribution in [-0.4, -0.2) is 26.6 Å². The summed E-state index contributed by atoms with van der Waals surface area (Å²) in [7, 11) is 0. The number of thiophene rings is 1. The number of nitrogens with two attached hydrogens (primary N) is 1. The zero-order chi connectivity index (χ0) is 19.6. The van der Waals surface area contributed by atoms with Gasteiger partial charge in [0, 0.05) is 11.6 Å². The average molecular weight is 383 g/mol. The number of hydrogen-bond donors (Lipinski definition) is 2. The van der Waals surface area contributed by atoms with Crippen molar-refractivity contribution in [3.63, 3.8) is 0 Å². The Kier molecular flexibility index (Phi) is 5.36. The molecule has 0 fully saturated rings. The summed E-state index contributed by atoms with van der Waals surface area (Å²) in [5, 5.41) is 12.9. The lowest BCUT2D eigenvalue weighted by molar-refractivity contribution is 0.0936. The van der Waals surface area contributed by atoms with Crippen LogP contribution in [0.15, 0.2) is 42.0 Å². The molecule has 7 nitrogen and oxygen atoms in total. The number of carbonyl (C=O) groups excluding carboxylic acids is 2. The van der Waals surface area contributed by atoms with Crippen LogP contribution in [0.5, 0.6) is 0 Å². The fourth-order valence-electron chi connectivity index (χ4n) is 2.76. The molecule has 0 spiro atoms. The lowest BCUT2D eigenvalue weighted by Crippen LogP contribution is -2.29. The Labute approximate surface area is 161 Å². The molecule has 0 saturated heterocycles. The second kappa shape index (κ2) is 7.71. The second-order valence-corrected chi connectivity index (χ2v) is 7.44. The molecule has 27 heavy (non-hydrogen) atoms. The summed E-state index contributed by atoms with van der Waals surface area (Å²) in [6.45, 7) is 5.95. The van der Waals surface area contributed by atoms with Gasteiger partial charge >= 0.3 is 0 Å². The highest BCUT2D eigenvalue weighted by molar-refractivity contribution is 7.12. The van der Waals surface area contributed by atoms with E-state index in [2.05, 4.69) is 15.5 Å². The van der Waals surface area contributed by atoms with Crippen LogP contribution in [0.25, 0.3) is 11.1 Å². The summed E-state index contributed by atoms with van der Waals surface area (Å²) in [4.78, 5) is 24.5. The maximum absolute atomic E-state index is 12.7. The van der Waals surface area contributed by atoms with Crippen LogP contribution in [0.2, 0.25) is 0 Å². The average Bonchev–Trinajstić information content (AvgIpc) is 3.31. The van der Waals surface area contributed by atoms with Gasteiger partial charge in [0.2, 0.25) is 0 Å². The van der Waals surface area contributed by atoms with Crippen molar-refractivity contribution in [3.8, 4) is 11.1 Å². The third-order valence-corrected chi connectivity index (χ3v) is 5.14. The lowest BCUT2D eigenvalue weighted by atomic mass is 10.0. The van der Waals surface area contributed by atoms with Gasteiger partial charge in [-0.05, 0) is 55.5 Å². The van der Waals surface area contributed by atoms with E-state index >= 15 is 0 Å². The largest absolute Gasteiger partial charge is 0.365 e. The van der Waals surface area contributed by atoms with Gasteiger partial charge < -0.3 is 15.6 Å². The van der Waals surface area contributed by atoms with Crippen molar-refractivity contribution in [2.45, 2.75) is 32.9 Å². The minimum Gasteiger partial charge on any atom is -0.365 e. The SMILES string of the molecule is CC(C)n1cnnc1[C@H](C)NC(=O)c1cccc(-c2csc(C(N)=O)c2)c1. The molecule has 2 heterocycles. The highest BCUT2D eigenvalue weighted by Crippen LogP contribution is 2.26. The molecule has 0 aliphatic carbocycles. The van der Waals surface area contributed by atoms with E-state index in [9.17, 15) is 9.59 Å². The Morgan fingerprint density at radius 2 is 1.96 bits per heavy atom. The number of primary amides is 1. The molecule has 0 radical (unpaired) electrons. The Balaban J connectivity index is 1.79. The van der Waals surface area contributed by atoms with Crippen molar-refractivity contribution in [1.82, 2.24) is 20.1 Å². The molecule has 0 aliphatic rings. The van der Waals surface area contributed by atoms with Crippen LogP contribution < -0.4 is 11.1 Å². The standard InChI is InChI=1S/C19H21N5O2S/c1-11(2)24-10-21-23-18(24)12(3)22-19(26)14-6-4-5-13(7-14)15-8-16(17(20)25)27-9-15/h4-12H,1-3H3,(H2,20,25)(H,22,26)/t12-/m0/s1. The van der Waals surface area contributed by atoms with Crippen LogP contribution in [0.1, 0.15) is 58.7 Å². The first-order valence-electron chi connectivity index (χ1n) is 8.56. The van der Waals surface area contributed by atoms with Crippen molar-refractivity contribution in [3.05, 3.63) is 58.3 Å². The Bertz CT molecular complexity index is 976. The Hall–Kier alpha value is -3.00. The summed E-state index contributed by atoms with van der Waals surface area (Å²) >= 11 is 1.29. The van der Waals surface area contributed by atoms with Crippen molar-refractivity contribution >= 4 is 23.2 Å². The van der Waals surface area contributed by atoms with E-state index in [4.69, 9.17) is 5.73 Å². The van der Waals surface area contributed by atoms with E-state index in [1.807, 2.05) is 42.9 Å². The van der Waals surface area contributed by atoms with Crippen LogP contribution in [0.4, 0.5) is 0 Å².